The first-order valence-corrected chi connectivity index (χ1v) is 7.59. The molecule has 1 aromatic heterocycles. The molecule has 15 heavy (non-hydrogen) atoms. The van der Waals surface area contributed by atoms with E-state index in [1.807, 2.05) is 10.9 Å². The van der Waals surface area contributed by atoms with Gasteiger partial charge >= 0.3 is 0 Å². The summed E-state index contributed by atoms with van der Waals surface area (Å²) in [6.07, 6.45) is 6.04. The zero-order chi connectivity index (χ0) is 10.7. The number of aromatic nitrogens is 2. The summed E-state index contributed by atoms with van der Waals surface area (Å²) in [7, 11) is 0. The van der Waals surface area contributed by atoms with Gasteiger partial charge in [0.25, 0.3) is 0 Å². The van der Waals surface area contributed by atoms with Gasteiger partial charge in [-0.2, -0.15) is 5.10 Å². The molecule has 1 aliphatic rings. The fourth-order valence-electron chi connectivity index (χ4n) is 1.75. The van der Waals surface area contributed by atoms with E-state index in [0.29, 0.717) is 0 Å². The Morgan fingerprint density at radius 1 is 1.40 bits per heavy atom. The molecule has 2 heterocycles. The molecule has 0 aromatic carbocycles. The smallest absolute Gasteiger partial charge is 0.181 e. The van der Waals surface area contributed by atoms with E-state index in [9.17, 15) is 0 Å². The fourth-order valence-corrected chi connectivity index (χ4v) is 3.49. The number of piperidine rings is 1. The van der Waals surface area contributed by atoms with Crippen molar-refractivity contribution in [2.45, 2.75) is 30.3 Å². The van der Waals surface area contributed by atoms with Gasteiger partial charge in [-0.15, -0.1) is 0 Å². The average Bonchev–Trinajstić information content (AvgIpc) is 2.61. The second kappa shape index (κ2) is 5.43. The molecule has 1 saturated heterocycles. The lowest BCUT2D eigenvalue weighted by Crippen LogP contribution is -2.32. The summed E-state index contributed by atoms with van der Waals surface area (Å²) in [5.74, 6) is 0. The standard InChI is InChI=1S/C9H15N3S3/c1-14-8-10-12(9(13)15-8)7-11-5-3-2-4-6-11/h2-7H2,1H3. The molecule has 0 radical (unpaired) electrons. The molecule has 0 N–H and O–H groups in total. The maximum atomic E-state index is 5.29. The van der Waals surface area contributed by atoms with Crippen LogP contribution >= 0.6 is 35.3 Å². The van der Waals surface area contributed by atoms with E-state index in [2.05, 4.69) is 10.00 Å². The summed E-state index contributed by atoms with van der Waals surface area (Å²) in [5, 5.41) is 4.47. The van der Waals surface area contributed by atoms with E-state index in [1.165, 1.54) is 32.4 Å². The quantitative estimate of drug-likeness (QED) is 0.616. The van der Waals surface area contributed by atoms with Gasteiger partial charge in [0.2, 0.25) is 0 Å². The van der Waals surface area contributed by atoms with Gasteiger partial charge in [0, 0.05) is 0 Å². The first kappa shape index (κ1) is 11.6. The predicted octanol–water partition coefficient (Wildman–Crippen LogP) is 2.84. The van der Waals surface area contributed by atoms with E-state index in [1.54, 1.807) is 23.1 Å². The highest BCUT2D eigenvalue weighted by Crippen LogP contribution is 2.19. The molecule has 0 unspecified atom stereocenters. The summed E-state index contributed by atoms with van der Waals surface area (Å²) in [6.45, 7) is 3.25. The Morgan fingerprint density at radius 2 is 2.13 bits per heavy atom. The van der Waals surface area contributed by atoms with E-state index >= 15 is 0 Å². The lowest BCUT2D eigenvalue weighted by atomic mass is 10.1. The molecule has 0 aliphatic carbocycles. The van der Waals surface area contributed by atoms with Crippen LogP contribution < -0.4 is 0 Å². The van der Waals surface area contributed by atoms with Crippen molar-refractivity contribution in [1.82, 2.24) is 14.7 Å². The molecule has 0 saturated carbocycles. The minimum Gasteiger partial charge on any atom is -0.284 e. The van der Waals surface area contributed by atoms with Crippen molar-refractivity contribution in [3.8, 4) is 0 Å². The third-order valence-electron chi connectivity index (χ3n) is 2.54. The van der Waals surface area contributed by atoms with Crippen molar-refractivity contribution in [2.75, 3.05) is 19.3 Å². The van der Waals surface area contributed by atoms with E-state index in [4.69, 9.17) is 12.2 Å². The Balaban J connectivity index is 2.02. The molecule has 0 atom stereocenters. The van der Waals surface area contributed by atoms with Gasteiger partial charge in [-0.25, -0.2) is 4.68 Å². The molecule has 2 rings (SSSR count). The highest BCUT2D eigenvalue weighted by atomic mass is 32.2. The van der Waals surface area contributed by atoms with E-state index < -0.39 is 0 Å². The number of hydrogen-bond acceptors (Lipinski definition) is 5. The van der Waals surface area contributed by atoms with Crippen LogP contribution in [-0.4, -0.2) is 34.0 Å². The van der Waals surface area contributed by atoms with Crippen LogP contribution in [0.2, 0.25) is 0 Å². The van der Waals surface area contributed by atoms with Crippen LogP contribution in [0.25, 0.3) is 0 Å². The van der Waals surface area contributed by atoms with Crippen molar-refractivity contribution in [3.05, 3.63) is 3.95 Å². The Kier molecular flexibility index (Phi) is 4.19. The summed E-state index contributed by atoms with van der Waals surface area (Å²) < 4.78 is 3.92. The molecule has 1 fully saturated rings. The largest absolute Gasteiger partial charge is 0.284 e. The number of nitrogens with zero attached hydrogens (tertiary/aromatic N) is 3. The Hall–Kier alpha value is 0.0900. The van der Waals surface area contributed by atoms with Crippen LogP contribution in [0.4, 0.5) is 0 Å². The molecule has 6 heteroatoms. The van der Waals surface area contributed by atoms with Gasteiger partial charge in [-0.05, 0) is 44.4 Å². The lowest BCUT2D eigenvalue weighted by molar-refractivity contribution is 0.172. The van der Waals surface area contributed by atoms with Gasteiger partial charge < -0.3 is 0 Å². The van der Waals surface area contributed by atoms with Crippen LogP contribution in [0.5, 0.6) is 0 Å². The summed E-state index contributed by atoms with van der Waals surface area (Å²) in [6, 6.07) is 0. The molecule has 84 valence electrons. The Bertz CT molecular complexity index is 365. The van der Waals surface area contributed by atoms with Crippen LogP contribution in [0, 0.1) is 3.95 Å². The third-order valence-corrected chi connectivity index (χ3v) is 4.83. The van der Waals surface area contributed by atoms with Gasteiger partial charge in [0.1, 0.15) is 0 Å². The number of hydrogen-bond donors (Lipinski definition) is 0. The topological polar surface area (TPSA) is 21.1 Å². The summed E-state index contributed by atoms with van der Waals surface area (Å²) >= 11 is 8.56. The maximum Gasteiger partial charge on any atom is 0.181 e. The van der Waals surface area contributed by atoms with Crippen molar-refractivity contribution in [3.63, 3.8) is 0 Å². The van der Waals surface area contributed by atoms with Crippen LogP contribution in [0.15, 0.2) is 4.34 Å². The zero-order valence-corrected chi connectivity index (χ0v) is 11.3. The highest BCUT2D eigenvalue weighted by Gasteiger charge is 2.12. The molecule has 1 aromatic rings. The average molecular weight is 261 g/mol. The number of rotatable bonds is 3. The second-order valence-corrected chi connectivity index (χ2v) is 6.33. The maximum absolute atomic E-state index is 5.29. The monoisotopic (exact) mass is 261 g/mol. The minimum absolute atomic E-state index is 0.871. The molecule has 0 spiro atoms. The van der Waals surface area contributed by atoms with Crippen LogP contribution in [0.1, 0.15) is 19.3 Å². The Labute approximate surface area is 103 Å². The normalized spacial score (nSPS) is 18.2. The molecule has 0 amide bonds. The highest BCUT2D eigenvalue weighted by molar-refractivity contribution is 8.00. The van der Waals surface area contributed by atoms with Gasteiger partial charge in [-0.1, -0.05) is 29.5 Å². The molecule has 0 bridgehead atoms. The molecule has 1 aliphatic heterocycles. The summed E-state index contributed by atoms with van der Waals surface area (Å²) in [4.78, 5) is 2.43. The number of thioether (sulfide) groups is 1. The Morgan fingerprint density at radius 3 is 2.73 bits per heavy atom. The summed E-state index contributed by atoms with van der Waals surface area (Å²) in [5.41, 5.74) is 0. The molecular weight excluding hydrogens is 246 g/mol. The SMILES string of the molecule is CSc1nn(CN2CCCCC2)c(=S)s1. The third kappa shape index (κ3) is 3.03. The van der Waals surface area contributed by atoms with Gasteiger partial charge in [-0.3, -0.25) is 4.90 Å². The molecule has 3 nitrogen and oxygen atoms in total. The number of likely N-dealkylation sites (tertiary alicyclic amines) is 1. The zero-order valence-electron chi connectivity index (χ0n) is 8.81. The van der Waals surface area contributed by atoms with Gasteiger partial charge in [0.15, 0.2) is 8.29 Å². The van der Waals surface area contributed by atoms with Crippen molar-refractivity contribution < 1.29 is 0 Å². The minimum atomic E-state index is 0.871. The van der Waals surface area contributed by atoms with Crippen molar-refractivity contribution >= 4 is 35.3 Å². The van der Waals surface area contributed by atoms with Gasteiger partial charge in [0.05, 0.1) is 6.67 Å². The first-order chi connectivity index (χ1) is 7.29. The predicted molar refractivity (Wildman–Crippen MR) is 68.1 cm³/mol. The van der Waals surface area contributed by atoms with E-state index in [-0.39, 0.29) is 0 Å². The van der Waals surface area contributed by atoms with E-state index in [0.717, 1.165) is 15.0 Å². The van der Waals surface area contributed by atoms with Crippen molar-refractivity contribution in [1.29, 1.82) is 0 Å². The van der Waals surface area contributed by atoms with Crippen LogP contribution in [-0.2, 0) is 6.67 Å². The fraction of sp³-hybridized carbons (Fsp3) is 0.778. The van der Waals surface area contributed by atoms with Crippen molar-refractivity contribution in [2.24, 2.45) is 0 Å². The second-order valence-electron chi connectivity index (χ2n) is 3.66. The van der Waals surface area contributed by atoms with Crippen LogP contribution in [0.3, 0.4) is 0 Å². The lowest BCUT2D eigenvalue weighted by Gasteiger charge is -2.25. The molecular formula is C9H15N3S3. The first-order valence-electron chi connectivity index (χ1n) is 5.14.